The average Bonchev–Trinajstić information content (AvgIpc) is 2.06. The monoisotopic (exact) mass is 139 g/mol. The number of ether oxygens (including phenoxy) is 1. The second-order valence-corrected chi connectivity index (χ2v) is 2.59. The highest BCUT2D eigenvalue weighted by Gasteiger charge is 2.27. The molecule has 0 aromatic rings. The molecule has 0 aromatic heterocycles. The fraction of sp³-hybridized carbons (Fsp3) is 0.750. The van der Waals surface area contributed by atoms with Crippen LogP contribution in [0.4, 0.5) is 0 Å². The summed E-state index contributed by atoms with van der Waals surface area (Å²) in [4.78, 5) is 0. The van der Waals surface area contributed by atoms with Gasteiger partial charge in [-0.05, 0) is 7.05 Å². The van der Waals surface area contributed by atoms with Crippen LogP contribution >= 0.6 is 0 Å². The second-order valence-electron chi connectivity index (χ2n) is 2.59. The predicted molar refractivity (Wildman–Crippen MR) is 40.7 cm³/mol. The van der Waals surface area contributed by atoms with Crippen molar-refractivity contribution in [2.24, 2.45) is 0 Å². The number of nitrogens with one attached hydrogen (secondary N) is 1. The Morgan fingerprint density at radius 1 is 1.50 bits per heavy atom. The van der Waals surface area contributed by atoms with Crippen molar-refractivity contribution in [3.63, 3.8) is 0 Å². The zero-order chi connectivity index (χ0) is 7.45. The van der Waals surface area contributed by atoms with E-state index >= 15 is 0 Å². The summed E-state index contributed by atoms with van der Waals surface area (Å²) in [6, 6.07) is 0. The molecule has 1 heterocycles. The molecule has 0 atom stereocenters. The summed E-state index contributed by atoms with van der Waals surface area (Å²) < 4.78 is 5.19. The molecule has 0 bridgehead atoms. The Labute approximate surface area is 62.0 Å². The Morgan fingerprint density at radius 2 is 2.10 bits per heavy atom. The van der Waals surface area contributed by atoms with E-state index in [1.807, 2.05) is 7.05 Å². The third-order valence-electron chi connectivity index (χ3n) is 2.10. The van der Waals surface area contributed by atoms with E-state index < -0.39 is 0 Å². The number of hydrogen-bond acceptors (Lipinski definition) is 2. The SMILES string of the molecule is C#CC1(NC)CCOCC1. The number of rotatable bonds is 1. The van der Waals surface area contributed by atoms with Crippen LogP contribution < -0.4 is 5.32 Å². The summed E-state index contributed by atoms with van der Waals surface area (Å²) >= 11 is 0. The van der Waals surface area contributed by atoms with Gasteiger partial charge in [0.15, 0.2) is 0 Å². The minimum atomic E-state index is -0.0851. The van der Waals surface area contributed by atoms with Gasteiger partial charge >= 0.3 is 0 Å². The largest absolute Gasteiger partial charge is 0.381 e. The maximum Gasteiger partial charge on any atom is 0.0839 e. The molecule has 0 aliphatic carbocycles. The highest BCUT2D eigenvalue weighted by Crippen LogP contribution is 2.18. The highest BCUT2D eigenvalue weighted by molar-refractivity contribution is 5.13. The van der Waals surface area contributed by atoms with E-state index in [2.05, 4.69) is 11.2 Å². The van der Waals surface area contributed by atoms with Gasteiger partial charge in [-0.2, -0.15) is 0 Å². The maximum absolute atomic E-state index is 5.38. The minimum Gasteiger partial charge on any atom is -0.381 e. The van der Waals surface area contributed by atoms with Crippen LogP contribution in [0.1, 0.15) is 12.8 Å². The molecule has 2 heteroatoms. The van der Waals surface area contributed by atoms with Crippen LogP contribution in [0.25, 0.3) is 0 Å². The second kappa shape index (κ2) is 3.05. The lowest BCUT2D eigenvalue weighted by Gasteiger charge is -2.31. The van der Waals surface area contributed by atoms with Crippen molar-refractivity contribution in [1.29, 1.82) is 0 Å². The highest BCUT2D eigenvalue weighted by atomic mass is 16.5. The lowest BCUT2D eigenvalue weighted by molar-refractivity contribution is 0.0612. The molecular formula is C8H13NO. The zero-order valence-corrected chi connectivity index (χ0v) is 6.31. The quantitative estimate of drug-likeness (QED) is 0.530. The maximum atomic E-state index is 5.38. The van der Waals surface area contributed by atoms with Crippen LogP contribution in [0.15, 0.2) is 0 Å². The Hall–Kier alpha value is -0.520. The molecule has 1 aliphatic heterocycles. The molecule has 0 aromatic carbocycles. The van der Waals surface area contributed by atoms with Gasteiger partial charge in [0.05, 0.1) is 5.54 Å². The molecule has 1 rings (SSSR count). The molecule has 2 nitrogen and oxygen atoms in total. The Kier molecular flexibility index (Phi) is 2.31. The van der Waals surface area contributed by atoms with Crippen LogP contribution in [-0.2, 0) is 4.74 Å². The molecule has 56 valence electrons. The van der Waals surface area contributed by atoms with Gasteiger partial charge in [-0.1, -0.05) is 5.92 Å². The number of terminal acetylenes is 1. The van der Waals surface area contributed by atoms with Crippen molar-refractivity contribution < 1.29 is 4.74 Å². The third kappa shape index (κ3) is 1.31. The van der Waals surface area contributed by atoms with Crippen molar-refractivity contribution in [2.45, 2.75) is 18.4 Å². The lowest BCUT2D eigenvalue weighted by atomic mass is 9.91. The fourth-order valence-corrected chi connectivity index (χ4v) is 1.19. The first-order valence-electron chi connectivity index (χ1n) is 3.57. The molecule has 1 N–H and O–H groups in total. The molecule has 0 radical (unpaired) electrons. The smallest absolute Gasteiger partial charge is 0.0839 e. The van der Waals surface area contributed by atoms with Gasteiger partial charge in [-0.25, -0.2) is 0 Å². The topological polar surface area (TPSA) is 21.3 Å². The van der Waals surface area contributed by atoms with Crippen LogP contribution in [0.5, 0.6) is 0 Å². The van der Waals surface area contributed by atoms with E-state index in [0.29, 0.717) is 0 Å². The average molecular weight is 139 g/mol. The van der Waals surface area contributed by atoms with Crippen LogP contribution in [0, 0.1) is 12.3 Å². The van der Waals surface area contributed by atoms with Crippen molar-refractivity contribution >= 4 is 0 Å². The summed E-state index contributed by atoms with van der Waals surface area (Å²) in [6.07, 6.45) is 7.24. The summed E-state index contributed by atoms with van der Waals surface area (Å²) in [7, 11) is 1.91. The standard InChI is InChI=1S/C8H13NO/c1-3-8(9-2)4-6-10-7-5-8/h1,9H,4-7H2,2H3. The van der Waals surface area contributed by atoms with E-state index in [9.17, 15) is 0 Å². The minimum absolute atomic E-state index is 0.0851. The van der Waals surface area contributed by atoms with Crippen LogP contribution in [0.3, 0.4) is 0 Å². The first-order chi connectivity index (χ1) is 4.83. The molecule has 0 unspecified atom stereocenters. The van der Waals surface area contributed by atoms with Gasteiger partial charge < -0.3 is 10.1 Å². The van der Waals surface area contributed by atoms with Gasteiger partial charge in [-0.3, -0.25) is 0 Å². The van der Waals surface area contributed by atoms with E-state index in [0.717, 1.165) is 26.1 Å². The van der Waals surface area contributed by atoms with Gasteiger partial charge in [0.1, 0.15) is 0 Å². The first kappa shape index (κ1) is 7.59. The van der Waals surface area contributed by atoms with Gasteiger partial charge in [0.2, 0.25) is 0 Å². The Morgan fingerprint density at radius 3 is 2.40 bits per heavy atom. The molecule has 0 amide bonds. The van der Waals surface area contributed by atoms with E-state index in [1.54, 1.807) is 0 Å². The van der Waals surface area contributed by atoms with Gasteiger partial charge in [0.25, 0.3) is 0 Å². The summed E-state index contributed by atoms with van der Waals surface area (Å²) in [5.74, 6) is 2.78. The fourth-order valence-electron chi connectivity index (χ4n) is 1.19. The molecule has 1 aliphatic rings. The summed E-state index contributed by atoms with van der Waals surface area (Å²) in [5, 5.41) is 3.15. The molecule has 1 fully saturated rings. The molecule has 0 saturated carbocycles. The van der Waals surface area contributed by atoms with Crippen molar-refractivity contribution in [3.8, 4) is 12.3 Å². The molecule has 1 saturated heterocycles. The molecular weight excluding hydrogens is 126 g/mol. The van der Waals surface area contributed by atoms with E-state index in [-0.39, 0.29) is 5.54 Å². The molecule has 10 heavy (non-hydrogen) atoms. The summed E-state index contributed by atoms with van der Waals surface area (Å²) in [5.41, 5.74) is -0.0851. The van der Waals surface area contributed by atoms with Crippen molar-refractivity contribution in [2.75, 3.05) is 20.3 Å². The number of hydrogen-bond donors (Lipinski definition) is 1. The predicted octanol–water partition coefficient (Wildman–Crippen LogP) is 0.388. The normalized spacial score (nSPS) is 23.6. The molecule has 0 spiro atoms. The Bertz CT molecular complexity index is 142. The van der Waals surface area contributed by atoms with E-state index in [1.165, 1.54) is 0 Å². The van der Waals surface area contributed by atoms with Crippen molar-refractivity contribution in [1.82, 2.24) is 5.32 Å². The van der Waals surface area contributed by atoms with E-state index in [4.69, 9.17) is 11.2 Å². The third-order valence-corrected chi connectivity index (χ3v) is 2.10. The van der Waals surface area contributed by atoms with Gasteiger partial charge in [-0.15, -0.1) is 6.42 Å². The summed E-state index contributed by atoms with van der Waals surface area (Å²) in [6.45, 7) is 1.57. The van der Waals surface area contributed by atoms with Crippen LogP contribution in [-0.4, -0.2) is 25.8 Å². The van der Waals surface area contributed by atoms with Crippen LogP contribution in [0.2, 0.25) is 0 Å². The zero-order valence-electron chi connectivity index (χ0n) is 6.31. The Balaban J connectivity index is 2.55. The van der Waals surface area contributed by atoms with Crippen molar-refractivity contribution in [3.05, 3.63) is 0 Å². The lowest BCUT2D eigenvalue weighted by Crippen LogP contribution is -2.46. The van der Waals surface area contributed by atoms with Gasteiger partial charge in [0, 0.05) is 26.1 Å². The first-order valence-corrected chi connectivity index (χ1v) is 3.57.